The molecule has 0 fully saturated rings. The lowest BCUT2D eigenvalue weighted by atomic mass is 9.98. The molecule has 1 atom stereocenters. The van der Waals surface area contributed by atoms with E-state index >= 15 is 0 Å². The van der Waals surface area contributed by atoms with Crippen molar-refractivity contribution < 1.29 is 27.5 Å². The number of anilines is 1. The van der Waals surface area contributed by atoms with Crippen LogP contribution >= 0.6 is 0 Å². The summed E-state index contributed by atoms with van der Waals surface area (Å²) in [7, 11) is -1.49. The maximum Gasteiger partial charge on any atom is 0.326 e. The highest BCUT2D eigenvalue weighted by Gasteiger charge is 2.42. The molecule has 5 rings (SSSR count). The largest absolute Gasteiger partial charge is 0.497 e. The predicted octanol–water partition coefficient (Wildman–Crippen LogP) is 4.76. The van der Waals surface area contributed by atoms with E-state index < -0.39 is 22.0 Å². The van der Waals surface area contributed by atoms with Crippen molar-refractivity contribution in [3.05, 3.63) is 114 Å². The number of methoxy groups -OCH3 is 2. The van der Waals surface area contributed by atoms with Gasteiger partial charge in [-0.05, 0) is 53.1 Å². The fourth-order valence-electron chi connectivity index (χ4n) is 4.89. The minimum atomic E-state index is -4.18. The Morgan fingerprint density at radius 1 is 0.800 bits per heavy atom. The van der Waals surface area contributed by atoms with Crippen LogP contribution in [-0.2, 0) is 26.1 Å². The molecule has 1 heterocycles. The van der Waals surface area contributed by atoms with E-state index in [9.17, 15) is 18.0 Å². The van der Waals surface area contributed by atoms with Crippen LogP contribution < -0.4 is 9.64 Å². The molecule has 1 aliphatic heterocycles. The summed E-state index contributed by atoms with van der Waals surface area (Å²) >= 11 is 0. The Bertz CT molecular complexity index is 1640. The number of ether oxygens (including phenoxy) is 2. The van der Waals surface area contributed by atoms with Gasteiger partial charge in [0.2, 0.25) is 10.0 Å². The number of hydrogen-bond acceptors (Lipinski definition) is 6. The zero-order valence-electron chi connectivity index (χ0n) is 22.1. The molecule has 0 saturated heterocycles. The van der Waals surface area contributed by atoms with Crippen LogP contribution in [-0.4, -0.2) is 51.4 Å². The van der Waals surface area contributed by atoms with Gasteiger partial charge >= 0.3 is 5.97 Å². The predicted molar refractivity (Wildman–Crippen MR) is 152 cm³/mol. The van der Waals surface area contributed by atoms with Gasteiger partial charge < -0.3 is 14.4 Å². The summed E-state index contributed by atoms with van der Waals surface area (Å²) in [6.07, 6.45) is 0. The monoisotopic (exact) mass is 556 g/mol. The normalized spacial score (nSPS) is 15.6. The summed E-state index contributed by atoms with van der Waals surface area (Å²) < 4.78 is 39.2. The number of benzene rings is 4. The lowest BCUT2D eigenvalue weighted by Gasteiger charge is -2.29. The summed E-state index contributed by atoms with van der Waals surface area (Å²) in [4.78, 5) is 28.9. The molecule has 204 valence electrons. The molecule has 40 heavy (non-hydrogen) atoms. The minimum absolute atomic E-state index is 0.00566. The zero-order chi connectivity index (χ0) is 28.3. The standard InChI is InChI=1S/C31H28N2O6S/c1-38-24-16-18-25(19-17-24)40(36,37)33-20-23-12-6-9-15-28(23)32(21-29(33)31(35)39-2)30(34)27-14-8-7-13-26(27)22-10-4-3-5-11-22/h3-19,29H,20-21H2,1-2H3. The first-order valence-electron chi connectivity index (χ1n) is 12.6. The first-order chi connectivity index (χ1) is 19.3. The Labute approximate surface area is 233 Å². The Kier molecular flexibility index (Phi) is 7.68. The lowest BCUT2D eigenvalue weighted by molar-refractivity contribution is -0.144. The second-order valence-electron chi connectivity index (χ2n) is 9.22. The smallest absolute Gasteiger partial charge is 0.326 e. The van der Waals surface area contributed by atoms with Crippen molar-refractivity contribution in [2.75, 3.05) is 25.7 Å². The summed E-state index contributed by atoms with van der Waals surface area (Å²) in [5, 5.41) is 0. The molecule has 0 saturated carbocycles. The zero-order valence-corrected chi connectivity index (χ0v) is 22.9. The van der Waals surface area contributed by atoms with Crippen molar-refractivity contribution in [3.8, 4) is 16.9 Å². The van der Waals surface area contributed by atoms with Crippen molar-refractivity contribution in [2.24, 2.45) is 0 Å². The molecule has 8 nitrogen and oxygen atoms in total. The highest BCUT2D eigenvalue weighted by atomic mass is 32.2. The van der Waals surface area contributed by atoms with E-state index in [0.29, 0.717) is 22.6 Å². The Balaban J connectivity index is 1.62. The maximum absolute atomic E-state index is 14.3. The van der Waals surface area contributed by atoms with E-state index in [1.807, 2.05) is 42.5 Å². The quantitative estimate of drug-likeness (QED) is 0.318. The van der Waals surface area contributed by atoms with Crippen molar-refractivity contribution in [2.45, 2.75) is 17.5 Å². The molecular weight excluding hydrogens is 528 g/mol. The van der Waals surface area contributed by atoms with Gasteiger partial charge in [-0.3, -0.25) is 9.59 Å². The number of fused-ring (bicyclic) bond motifs is 1. The van der Waals surface area contributed by atoms with Gasteiger partial charge in [-0.1, -0.05) is 66.7 Å². The summed E-state index contributed by atoms with van der Waals surface area (Å²) in [5.41, 5.74) is 3.13. The number of nitrogens with zero attached hydrogens (tertiary/aromatic N) is 2. The SMILES string of the molecule is COC(=O)C1CN(C(=O)c2ccccc2-c2ccccc2)c2ccccc2CN1S(=O)(=O)c1ccc(OC)cc1. The van der Waals surface area contributed by atoms with E-state index in [4.69, 9.17) is 9.47 Å². The van der Waals surface area contributed by atoms with Crippen LogP contribution in [0.2, 0.25) is 0 Å². The van der Waals surface area contributed by atoms with E-state index in [-0.39, 0.29) is 23.9 Å². The second-order valence-corrected chi connectivity index (χ2v) is 11.1. The van der Waals surface area contributed by atoms with Crippen LogP contribution in [0, 0.1) is 0 Å². The average Bonchev–Trinajstić information content (AvgIpc) is 3.19. The molecule has 0 bridgehead atoms. The van der Waals surface area contributed by atoms with Gasteiger partial charge in [-0.2, -0.15) is 4.31 Å². The average molecular weight is 557 g/mol. The second kappa shape index (κ2) is 11.3. The van der Waals surface area contributed by atoms with Crippen LogP contribution in [0.25, 0.3) is 11.1 Å². The molecule has 4 aromatic rings. The minimum Gasteiger partial charge on any atom is -0.497 e. The third-order valence-electron chi connectivity index (χ3n) is 6.94. The van der Waals surface area contributed by atoms with Crippen LogP contribution in [0.1, 0.15) is 15.9 Å². The number of amides is 1. The third kappa shape index (κ3) is 5.09. The van der Waals surface area contributed by atoms with Crippen LogP contribution in [0.4, 0.5) is 5.69 Å². The number of para-hydroxylation sites is 1. The van der Waals surface area contributed by atoms with Crippen molar-refractivity contribution in [3.63, 3.8) is 0 Å². The molecule has 0 aliphatic carbocycles. The number of hydrogen-bond donors (Lipinski definition) is 0. The molecule has 0 aromatic heterocycles. The summed E-state index contributed by atoms with van der Waals surface area (Å²) in [6, 6.07) is 28.5. The lowest BCUT2D eigenvalue weighted by Crippen LogP contribution is -2.50. The van der Waals surface area contributed by atoms with Gasteiger partial charge in [-0.15, -0.1) is 0 Å². The van der Waals surface area contributed by atoms with Gasteiger partial charge in [-0.25, -0.2) is 8.42 Å². The third-order valence-corrected chi connectivity index (χ3v) is 8.81. The van der Waals surface area contributed by atoms with Gasteiger partial charge in [0.15, 0.2) is 0 Å². The number of carbonyl (C=O) groups excluding carboxylic acids is 2. The van der Waals surface area contributed by atoms with E-state index in [2.05, 4.69) is 0 Å². The van der Waals surface area contributed by atoms with E-state index in [1.165, 1.54) is 31.3 Å². The van der Waals surface area contributed by atoms with Crippen molar-refractivity contribution >= 4 is 27.6 Å². The molecule has 1 unspecified atom stereocenters. The van der Waals surface area contributed by atoms with Gasteiger partial charge in [0.25, 0.3) is 5.91 Å². The van der Waals surface area contributed by atoms with Gasteiger partial charge in [0.05, 0.1) is 25.7 Å². The Morgan fingerprint density at radius 3 is 2.15 bits per heavy atom. The highest BCUT2D eigenvalue weighted by Crippen LogP contribution is 2.34. The number of rotatable bonds is 6. The van der Waals surface area contributed by atoms with Crippen molar-refractivity contribution in [1.29, 1.82) is 0 Å². The molecule has 0 radical (unpaired) electrons. The molecule has 0 spiro atoms. The molecule has 1 amide bonds. The number of carbonyl (C=O) groups is 2. The summed E-state index contributed by atoms with van der Waals surface area (Å²) in [6.45, 7) is -0.366. The van der Waals surface area contributed by atoms with E-state index in [0.717, 1.165) is 15.4 Å². The van der Waals surface area contributed by atoms with Crippen molar-refractivity contribution in [1.82, 2.24) is 4.31 Å². The molecular formula is C31H28N2O6S. The fraction of sp³-hybridized carbons (Fsp3) is 0.161. The topological polar surface area (TPSA) is 93.2 Å². The first kappa shape index (κ1) is 27.1. The van der Waals surface area contributed by atoms with E-state index in [1.54, 1.807) is 48.5 Å². The Hall–Kier alpha value is -4.47. The maximum atomic E-state index is 14.3. The number of esters is 1. The molecule has 1 aliphatic rings. The highest BCUT2D eigenvalue weighted by molar-refractivity contribution is 7.89. The van der Waals surface area contributed by atoms with Gasteiger partial charge in [0, 0.05) is 17.8 Å². The molecule has 9 heteroatoms. The Morgan fingerprint density at radius 2 is 1.45 bits per heavy atom. The van der Waals surface area contributed by atoms with Crippen LogP contribution in [0.3, 0.4) is 0 Å². The summed E-state index contributed by atoms with van der Waals surface area (Å²) in [5.74, 6) is -0.623. The number of sulfonamides is 1. The van der Waals surface area contributed by atoms with Crippen LogP contribution in [0.5, 0.6) is 5.75 Å². The molecule has 4 aromatic carbocycles. The first-order valence-corrected chi connectivity index (χ1v) is 14.1. The van der Waals surface area contributed by atoms with Crippen LogP contribution in [0.15, 0.2) is 108 Å². The molecule has 0 N–H and O–H groups in total. The fourth-order valence-corrected chi connectivity index (χ4v) is 6.44. The van der Waals surface area contributed by atoms with Gasteiger partial charge in [0.1, 0.15) is 11.8 Å².